The molecule has 1 aromatic rings. The quantitative estimate of drug-likeness (QED) is 0.824. The maximum Gasteiger partial charge on any atom is 0.168 e. The van der Waals surface area contributed by atoms with Crippen molar-refractivity contribution in [2.24, 2.45) is 4.99 Å². The van der Waals surface area contributed by atoms with Crippen LogP contribution < -0.4 is 0 Å². The highest BCUT2D eigenvalue weighted by Crippen LogP contribution is 2.32. The molecule has 1 N–H and O–H groups in total. The predicted octanol–water partition coefficient (Wildman–Crippen LogP) is 1.66. The van der Waals surface area contributed by atoms with E-state index in [4.69, 9.17) is 0 Å². The minimum absolute atomic E-state index is 0.0259. The first-order valence-electron chi connectivity index (χ1n) is 8.89. The van der Waals surface area contributed by atoms with Gasteiger partial charge in [-0.05, 0) is 30.7 Å². The average Bonchev–Trinajstić information content (AvgIpc) is 2.62. The Balaban J connectivity index is 1.54. The highest BCUT2D eigenvalue weighted by atomic mass is 16.3. The number of pyridine rings is 1. The molecule has 1 atom stereocenters. The molecule has 0 amide bonds. The van der Waals surface area contributed by atoms with Gasteiger partial charge >= 0.3 is 0 Å². The zero-order chi connectivity index (χ0) is 17.6. The number of likely N-dealkylation sites (N-methyl/N-ethyl adjacent to an activating group) is 1. The van der Waals surface area contributed by atoms with Crippen molar-refractivity contribution in [3.63, 3.8) is 0 Å². The van der Waals surface area contributed by atoms with Crippen molar-refractivity contribution in [3.8, 4) is 0 Å². The number of aliphatic hydroxyl groups excluding tert-OH is 1. The van der Waals surface area contributed by atoms with Gasteiger partial charge in [0.1, 0.15) is 5.76 Å². The first-order valence-corrected chi connectivity index (χ1v) is 8.89. The first-order chi connectivity index (χ1) is 12.1. The standard InChI is InChI=1S/C19H26N4O2/c1-22-8-10-23(11-9-22)7-6-21-14-17-18(24)12-16(13-19(17)25)15-2-4-20-5-3-15/h2-5,14,16,24H,6-13H2,1H3. The summed E-state index contributed by atoms with van der Waals surface area (Å²) in [5, 5.41) is 10.3. The molecule has 6 heteroatoms. The zero-order valence-electron chi connectivity index (χ0n) is 14.8. The van der Waals surface area contributed by atoms with Crippen LogP contribution in [-0.4, -0.2) is 78.2 Å². The third-order valence-electron chi connectivity index (χ3n) is 5.02. The summed E-state index contributed by atoms with van der Waals surface area (Å²) in [6.45, 7) is 5.85. The fraction of sp³-hybridized carbons (Fsp3) is 0.526. The summed E-state index contributed by atoms with van der Waals surface area (Å²) in [6, 6.07) is 3.81. The number of hydrogen-bond acceptors (Lipinski definition) is 6. The van der Waals surface area contributed by atoms with Crippen molar-refractivity contribution in [1.29, 1.82) is 0 Å². The second-order valence-electron chi connectivity index (χ2n) is 6.85. The monoisotopic (exact) mass is 342 g/mol. The Kier molecular flexibility index (Phi) is 5.94. The summed E-state index contributed by atoms with van der Waals surface area (Å²) in [5.41, 5.74) is 1.42. The normalized spacial score (nSPS) is 23.6. The summed E-state index contributed by atoms with van der Waals surface area (Å²) in [6.07, 6.45) is 5.89. The highest BCUT2D eigenvalue weighted by molar-refractivity contribution is 6.14. The molecule has 6 nitrogen and oxygen atoms in total. The molecule has 3 rings (SSSR count). The lowest BCUT2D eigenvalue weighted by atomic mass is 9.83. The molecule has 0 radical (unpaired) electrons. The van der Waals surface area contributed by atoms with Gasteiger partial charge in [0.25, 0.3) is 0 Å². The Bertz CT molecular complexity index is 649. The third-order valence-corrected chi connectivity index (χ3v) is 5.02. The maximum atomic E-state index is 12.4. The van der Waals surface area contributed by atoms with E-state index in [0.717, 1.165) is 38.3 Å². The molecule has 1 aliphatic carbocycles. The van der Waals surface area contributed by atoms with E-state index < -0.39 is 0 Å². The fourth-order valence-corrected chi connectivity index (χ4v) is 3.35. The molecule has 1 aromatic heterocycles. The van der Waals surface area contributed by atoms with Crippen LogP contribution >= 0.6 is 0 Å². The molecule has 1 saturated heterocycles. The predicted molar refractivity (Wildman–Crippen MR) is 98.2 cm³/mol. The van der Waals surface area contributed by atoms with E-state index in [1.165, 1.54) is 0 Å². The minimum Gasteiger partial charge on any atom is -0.511 e. The topological polar surface area (TPSA) is 69.0 Å². The van der Waals surface area contributed by atoms with Crippen molar-refractivity contribution in [2.45, 2.75) is 18.8 Å². The van der Waals surface area contributed by atoms with Gasteiger partial charge in [-0.15, -0.1) is 0 Å². The molecule has 0 bridgehead atoms. The first kappa shape index (κ1) is 17.8. The van der Waals surface area contributed by atoms with Gasteiger partial charge in [0.2, 0.25) is 0 Å². The van der Waals surface area contributed by atoms with Crippen LogP contribution in [-0.2, 0) is 4.79 Å². The molecule has 2 heterocycles. The largest absolute Gasteiger partial charge is 0.511 e. The van der Waals surface area contributed by atoms with Crippen molar-refractivity contribution >= 4 is 12.0 Å². The lowest BCUT2D eigenvalue weighted by Crippen LogP contribution is -2.45. The Hall–Kier alpha value is -2.05. The second kappa shape index (κ2) is 8.36. The lowest BCUT2D eigenvalue weighted by molar-refractivity contribution is -0.116. The van der Waals surface area contributed by atoms with Gasteiger partial charge in [-0.1, -0.05) is 0 Å². The van der Waals surface area contributed by atoms with Crippen molar-refractivity contribution < 1.29 is 9.90 Å². The summed E-state index contributed by atoms with van der Waals surface area (Å²) in [4.78, 5) is 25.5. The van der Waals surface area contributed by atoms with Gasteiger partial charge < -0.3 is 10.0 Å². The van der Waals surface area contributed by atoms with Crippen LogP contribution in [0.1, 0.15) is 24.3 Å². The van der Waals surface area contributed by atoms with Crippen LogP contribution in [0, 0.1) is 0 Å². The molecule has 25 heavy (non-hydrogen) atoms. The number of aliphatic imine (C=N–C) groups is 1. The molecule has 0 spiro atoms. The molecule has 1 aliphatic heterocycles. The Morgan fingerprint density at radius 1 is 1.24 bits per heavy atom. The number of allylic oxidation sites excluding steroid dienone is 2. The number of hydrogen-bond donors (Lipinski definition) is 1. The lowest BCUT2D eigenvalue weighted by Gasteiger charge is -2.31. The van der Waals surface area contributed by atoms with Crippen LogP contribution in [0.15, 0.2) is 40.9 Å². The molecule has 1 unspecified atom stereocenters. The number of aromatic nitrogens is 1. The van der Waals surface area contributed by atoms with Gasteiger partial charge in [0, 0.05) is 64.2 Å². The molecule has 0 aromatic carbocycles. The summed E-state index contributed by atoms with van der Waals surface area (Å²) in [7, 11) is 2.14. The van der Waals surface area contributed by atoms with Gasteiger partial charge in [-0.3, -0.25) is 19.7 Å². The van der Waals surface area contributed by atoms with Gasteiger partial charge in [0.15, 0.2) is 5.78 Å². The summed E-state index contributed by atoms with van der Waals surface area (Å²) in [5.74, 6) is 0.147. The van der Waals surface area contributed by atoms with E-state index in [1.807, 2.05) is 12.1 Å². The van der Waals surface area contributed by atoms with Crippen LogP contribution in [0.25, 0.3) is 0 Å². The van der Waals surface area contributed by atoms with E-state index in [0.29, 0.717) is 25.0 Å². The molecular weight excluding hydrogens is 316 g/mol. The number of ketones is 1. The minimum atomic E-state index is -0.0334. The van der Waals surface area contributed by atoms with Crippen molar-refractivity contribution in [2.75, 3.05) is 46.3 Å². The molecule has 0 saturated carbocycles. The number of carbonyl (C=O) groups is 1. The van der Waals surface area contributed by atoms with Crippen LogP contribution in [0.5, 0.6) is 0 Å². The van der Waals surface area contributed by atoms with Gasteiger partial charge in [-0.25, -0.2) is 0 Å². The second-order valence-corrected chi connectivity index (χ2v) is 6.85. The average molecular weight is 342 g/mol. The van der Waals surface area contributed by atoms with Gasteiger partial charge in [0.05, 0.1) is 12.1 Å². The molecule has 134 valence electrons. The summed E-state index contributed by atoms with van der Waals surface area (Å²) < 4.78 is 0. The highest BCUT2D eigenvalue weighted by Gasteiger charge is 2.27. The zero-order valence-corrected chi connectivity index (χ0v) is 14.8. The molecule has 2 aliphatic rings. The number of piperazine rings is 1. The van der Waals surface area contributed by atoms with Gasteiger partial charge in [-0.2, -0.15) is 0 Å². The van der Waals surface area contributed by atoms with E-state index in [-0.39, 0.29) is 17.5 Å². The van der Waals surface area contributed by atoms with Crippen LogP contribution in [0.2, 0.25) is 0 Å². The fourth-order valence-electron chi connectivity index (χ4n) is 3.35. The van der Waals surface area contributed by atoms with Crippen molar-refractivity contribution in [3.05, 3.63) is 41.4 Å². The SMILES string of the molecule is CN1CCN(CCN=CC2=C(O)CC(c3ccncc3)CC2=O)CC1. The molecule has 1 fully saturated rings. The van der Waals surface area contributed by atoms with Crippen LogP contribution in [0.4, 0.5) is 0 Å². The maximum absolute atomic E-state index is 12.4. The van der Waals surface area contributed by atoms with E-state index >= 15 is 0 Å². The number of aliphatic hydroxyl groups is 1. The Morgan fingerprint density at radius 2 is 1.96 bits per heavy atom. The van der Waals surface area contributed by atoms with Crippen LogP contribution in [0.3, 0.4) is 0 Å². The number of Topliss-reactive ketones (excluding diaryl/α,β-unsaturated/α-hetero) is 1. The summed E-state index contributed by atoms with van der Waals surface area (Å²) >= 11 is 0. The smallest absolute Gasteiger partial charge is 0.168 e. The Morgan fingerprint density at radius 3 is 2.64 bits per heavy atom. The Labute approximate surface area is 148 Å². The van der Waals surface area contributed by atoms with Crippen molar-refractivity contribution in [1.82, 2.24) is 14.8 Å². The van der Waals surface area contributed by atoms with E-state index in [1.54, 1.807) is 18.6 Å². The number of carbonyl (C=O) groups excluding carboxylic acids is 1. The van der Waals surface area contributed by atoms with E-state index in [2.05, 4.69) is 26.8 Å². The number of rotatable bonds is 5. The van der Waals surface area contributed by atoms with E-state index in [9.17, 15) is 9.90 Å². The third kappa shape index (κ3) is 4.74. The molecular formula is C19H26N4O2. The number of nitrogens with zero attached hydrogens (tertiary/aromatic N) is 4.